The molecule has 0 saturated heterocycles. The minimum Gasteiger partial charge on any atom is -0.347 e. The molecule has 7 nitrogen and oxygen atoms in total. The van der Waals surface area contributed by atoms with Gasteiger partial charge in [0.15, 0.2) is 11.5 Å². The SMILES string of the molecule is CCC[C@H](NC(=O)CNC(=O)CC(C)(C)C)c1nnc2ccccn12. The fourth-order valence-electron chi connectivity index (χ4n) is 2.62. The summed E-state index contributed by atoms with van der Waals surface area (Å²) in [5.74, 6) is 0.350. The van der Waals surface area contributed by atoms with Crippen molar-refractivity contribution in [3.05, 3.63) is 30.2 Å². The highest BCUT2D eigenvalue weighted by atomic mass is 16.2. The molecule has 0 spiro atoms. The van der Waals surface area contributed by atoms with E-state index < -0.39 is 0 Å². The lowest BCUT2D eigenvalue weighted by Crippen LogP contribution is -2.40. The molecular weight excluding hydrogens is 318 g/mol. The zero-order valence-electron chi connectivity index (χ0n) is 15.4. The first kappa shape index (κ1) is 18.9. The fourth-order valence-corrected chi connectivity index (χ4v) is 2.62. The van der Waals surface area contributed by atoms with Crippen LogP contribution in [0.15, 0.2) is 24.4 Å². The van der Waals surface area contributed by atoms with Gasteiger partial charge in [0.05, 0.1) is 12.6 Å². The molecule has 0 aliphatic heterocycles. The molecule has 25 heavy (non-hydrogen) atoms. The average Bonchev–Trinajstić information content (AvgIpc) is 2.95. The number of amides is 2. The topological polar surface area (TPSA) is 88.4 Å². The molecule has 2 aromatic heterocycles. The second kappa shape index (κ2) is 8.09. The van der Waals surface area contributed by atoms with Gasteiger partial charge in [-0.1, -0.05) is 40.2 Å². The molecule has 0 bridgehead atoms. The predicted octanol–water partition coefficient (Wildman–Crippen LogP) is 2.24. The number of aromatic nitrogens is 3. The molecule has 7 heteroatoms. The van der Waals surface area contributed by atoms with Gasteiger partial charge in [0, 0.05) is 12.6 Å². The summed E-state index contributed by atoms with van der Waals surface area (Å²) in [4.78, 5) is 24.1. The number of hydrogen-bond acceptors (Lipinski definition) is 4. The maximum Gasteiger partial charge on any atom is 0.239 e. The molecule has 1 atom stereocenters. The molecule has 0 aliphatic carbocycles. The maximum absolute atomic E-state index is 12.2. The van der Waals surface area contributed by atoms with Crippen molar-refractivity contribution >= 4 is 17.5 Å². The van der Waals surface area contributed by atoms with Crippen LogP contribution in [0.3, 0.4) is 0 Å². The second-order valence-corrected chi connectivity index (χ2v) is 7.41. The number of carbonyl (C=O) groups is 2. The molecule has 2 aromatic rings. The summed E-state index contributed by atoms with van der Waals surface area (Å²) >= 11 is 0. The van der Waals surface area contributed by atoms with Gasteiger partial charge in [-0.2, -0.15) is 0 Å². The first-order chi connectivity index (χ1) is 11.8. The van der Waals surface area contributed by atoms with Gasteiger partial charge >= 0.3 is 0 Å². The molecule has 2 heterocycles. The summed E-state index contributed by atoms with van der Waals surface area (Å²) in [5, 5.41) is 14.0. The smallest absolute Gasteiger partial charge is 0.239 e. The molecule has 0 aliphatic rings. The normalized spacial score (nSPS) is 12.8. The van der Waals surface area contributed by atoms with Crippen molar-refractivity contribution < 1.29 is 9.59 Å². The van der Waals surface area contributed by atoms with Gasteiger partial charge < -0.3 is 10.6 Å². The average molecular weight is 345 g/mol. The molecule has 0 unspecified atom stereocenters. The van der Waals surface area contributed by atoms with E-state index in [2.05, 4.69) is 20.8 Å². The fraction of sp³-hybridized carbons (Fsp3) is 0.556. The van der Waals surface area contributed by atoms with Crippen molar-refractivity contribution in [2.75, 3.05) is 6.54 Å². The Morgan fingerprint density at radius 3 is 2.64 bits per heavy atom. The summed E-state index contributed by atoms with van der Waals surface area (Å²) in [6.07, 6.45) is 3.90. The monoisotopic (exact) mass is 345 g/mol. The molecule has 0 aromatic carbocycles. The maximum atomic E-state index is 12.2. The van der Waals surface area contributed by atoms with Gasteiger partial charge in [-0.3, -0.25) is 14.0 Å². The second-order valence-electron chi connectivity index (χ2n) is 7.41. The van der Waals surface area contributed by atoms with Gasteiger partial charge in [0.1, 0.15) is 0 Å². The highest BCUT2D eigenvalue weighted by Crippen LogP contribution is 2.18. The van der Waals surface area contributed by atoms with Gasteiger partial charge in [-0.05, 0) is 24.0 Å². The van der Waals surface area contributed by atoms with Crippen molar-refractivity contribution in [2.45, 2.75) is 53.0 Å². The Bertz CT molecular complexity index is 732. The standard InChI is InChI=1S/C18H27N5O2/c1-5-8-13(17-22-21-14-9-6-7-10-23(14)17)20-16(25)12-19-15(24)11-18(2,3)4/h6-7,9-10,13H,5,8,11-12H2,1-4H3,(H,19,24)(H,20,25)/t13-/m0/s1. The lowest BCUT2D eigenvalue weighted by atomic mass is 9.92. The van der Waals surface area contributed by atoms with Gasteiger partial charge in [-0.15, -0.1) is 10.2 Å². The summed E-state index contributed by atoms with van der Waals surface area (Å²) in [6, 6.07) is 5.42. The third-order valence-corrected chi connectivity index (χ3v) is 3.70. The molecular formula is C18H27N5O2. The van der Waals surface area contributed by atoms with E-state index in [1.54, 1.807) is 0 Å². The highest BCUT2D eigenvalue weighted by Gasteiger charge is 2.21. The molecule has 2 N–H and O–H groups in total. The van der Waals surface area contributed by atoms with Gasteiger partial charge in [0.2, 0.25) is 11.8 Å². The van der Waals surface area contributed by atoms with E-state index in [-0.39, 0.29) is 29.8 Å². The van der Waals surface area contributed by atoms with Gasteiger partial charge in [0.25, 0.3) is 0 Å². The predicted molar refractivity (Wildman–Crippen MR) is 95.9 cm³/mol. The Kier molecular flexibility index (Phi) is 6.12. The third kappa shape index (κ3) is 5.55. The Morgan fingerprint density at radius 2 is 1.96 bits per heavy atom. The minimum absolute atomic E-state index is 0.0358. The number of fused-ring (bicyclic) bond motifs is 1. The Hall–Kier alpha value is -2.44. The van der Waals surface area contributed by atoms with Crippen LogP contribution in [-0.4, -0.2) is 33.0 Å². The molecule has 0 saturated carbocycles. The zero-order chi connectivity index (χ0) is 18.4. The van der Waals surface area contributed by atoms with Crippen LogP contribution in [0.25, 0.3) is 5.65 Å². The molecule has 0 radical (unpaired) electrons. The minimum atomic E-state index is -0.241. The number of rotatable bonds is 7. The number of hydrogen-bond donors (Lipinski definition) is 2. The van der Waals surface area contributed by atoms with E-state index in [4.69, 9.17) is 0 Å². The third-order valence-electron chi connectivity index (χ3n) is 3.70. The van der Waals surface area contributed by atoms with Crippen LogP contribution in [0.1, 0.15) is 58.8 Å². The highest BCUT2D eigenvalue weighted by molar-refractivity contribution is 5.85. The summed E-state index contributed by atoms with van der Waals surface area (Å²) in [5.41, 5.74) is 0.637. The largest absolute Gasteiger partial charge is 0.347 e. The number of pyridine rings is 1. The van der Waals surface area contributed by atoms with Crippen LogP contribution >= 0.6 is 0 Å². The van der Waals surface area contributed by atoms with E-state index in [0.717, 1.165) is 18.5 Å². The first-order valence-electron chi connectivity index (χ1n) is 8.66. The van der Waals surface area contributed by atoms with Crippen LogP contribution < -0.4 is 10.6 Å². The summed E-state index contributed by atoms with van der Waals surface area (Å²) in [7, 11) is 0. The summed E-state index contributed by atoms with van der Waals surface area (Å²) in [6.45, 7) is 7.97. The van der Waals surface area contributed by atoms with Crippen LogP contribution in [0.5, 0.6) is 0 Å². The lowest BCUT2D eigenvalue weighted by molar-refractivity contribution is -0.127. The molecule has 136 valence electrons. The van der Waals surface area contributed by atoms with E-state index in [0.29, 0.717) is 12.2 Å². The van der Waals surface area contributed by atoms with Crippen molar-refractivity contribution in [1.82, 2.24) is 25.2 Å². The Morgan fingerprint density at radius 1 is 1.20 bits per heavy atom. The van der Waals surface area contributed by atoms with E-state index in [1.165, 1.54) is 0 Å². The van der Waals surface area contributed by atoms with E-state index in [1.807, 2.05) is 56.5 Å². The van der Waals surface area contributed by atoms with Crippen LogP contribution in [0.2, 0.25) is 0 Å². The first-order valence-corrected chi connectivity index (χ1v) is 8.66. The number of nitrogens with zero attached hydrogens (tertiary/aromatic N) is 3. The number of nitrogens with one attached hydrogen (secondary N) is 2. The van der Waals surface area contributed by atoms with E-state index in [9.17, 15) is 9.59 Å². The van der Waals surface area contributed by atoms with Crippen molar-refractivity contribution in [3.63, 3.8) is 0 Å². The quantitative estimate of drug-likeness (QED) is 0.805. The lowest BCUT2D eigenvalue weighted by Gasteiger charge is -2.19. The Balaban J connectivity index is 1.99. The van der Waals surface area contributed by atoms with Crippen molar-refractivity contribution in [3.8, 4) is 0 Å². The van der Waals surface area contributed by atoms with Crippen LogP contribution in [-0.2, 0) is 9.59 Å². The Labute approximate surface area is 148 Å². The molecule has 2 amide bonds. The number of carbonyl (C=O) groups excluding carboxylic acids is 2. The van der Waals surface area contributed by atoms with Gasteiger partial charge in [-0.25, -0.2) is 0 Å². The molecule has 2 rings (SSSR count). The van der Waals surface area contributed by atoms with Crippen LogP contribution in [0, 0.1) is 5.41 Å². The van der Waals surface area contributed by atoms with Crippen molar-refractivity contribution in [2.24, 2.45) is 5.41 Å². The van der Waals surface area contributed by atoms with Crippen LogP contribution in [0.4, 0.5) is 0 Å². The molecule has 0 fully saturated rings. The zero-order valence-corrected chi connectivity index (χ0v) is 15.4. The summed E-state index contributed by atoms with van der Waals surface area (Å²) < 4.78 is 1.87. The van der Waals surface area contributed by atoms with Crippen molar-refractivity contribution in [1.29, 1.82) is 0 Å². The van der Waals surface area contributed by atoms with E-state index >= 15 is 0 Å².